The van der Waals surface area contributed by atoms with Gasteiger partial charge in [-0.25, -0.2) is 4.79 Å². The number of carboxylic acid groups (broad SMARTS) is 1. The van der Waals surface area contributed by atoms with Gasteiger partial charge in [0.25, 0.3) is 0 Å². The van der Waals surface area contributed by atoms with Crippen LogP contribution in [0.15, 0.2) is 0 Å². The number of hydrogen-bond acceptors (Lipinski definition) is 2. The number of hydrogen-bond donors (Lipinski definition) is 3. The molecule has 0 aromatic carbocycles. The third kappa shape index (κ3) is 4.16. The maximum atomic E-state index is 11.8. The number of nitrogens with one attached hydrogen (secondary N) is 2. The van der Waals surface area contributed by atoms with Crippen LogP contribution in [0.1, 0.15) is 46.5 Å². The zero-order valence-corrected chi connectivity index (χ0v) is 12.5. The molecule has 0 unspecified atom stereocenters. The molecule has 0 radical (unpaired) electrons. The molecule has 0 aliphatic heterocycles. The molecule has 0 saturated heterocycles. The quantitative estimate of drug-likeness (QED) is 0.689. The lowest BCUT2D eigenvalue weighted by molar-refractivity contribution is -0.151. The summed E-state index contributed by atoms with van der Waals surface area (Å²) in [6.07, 6.45) is 8.26. The molecule has 0 atom stereocenters. The molecular formula is C15H24N2O3. The van der Waals surface area contributed by atoms with Crippen molar-refractivity contribution in [1.29, 1.82) is 0 Å². The van der Waals surface area contributed by atoms with Crippen LogP contribution in [0.4, 0.5) is 4.79 Å². The van der Waals surface area contributed by atoms with Crippen LogP contribution in [0.25, 0.3) is 0 Å². The molecule has 0 aromatic heterocycles. The lowest BCUT2D eigenvalue weighted by Gasteiger charge is -2.36. The Balaban J connectivity index is 2.59. The number of rotatable bonds is 4. The van der Waals surface area contributed by atoms with Crippen LogP contribution in [0.3, 0.4) is 0 Å². The first-order chi connectivity index (χ1) is 9.21. The molecule has 5 heteroatoms. The lowest BCUT2D eigenvalue weighted by Crippen LogP contribution is -2.52. The predicted octanol–water partition coefficient (Wildman–Crippen LogP) is 1.98. The molecule has 0 heterocycles. The van der Waals surface area contributed by atoms with E-state index in [4.69, 9.17) is 6.42 Å². The summed E-state index contributed by atoms with van der Waals surface area (Å²) in [5.41, 5.74) is -1.59. The van der Waals surface area contributed by atoms with Crippen LogP contribution >= 0.6 is 0 Å². The minimum Gasteiger partial charge on any atom is -0.481 e. The van der Waals surface area contributed by atoms with Crippen molar-refractivity contribution in [3.8, 4) is 12.3 Å². The number of aliphatic carboxylic acids is 1. The Hall–Kier alpha value is -1.70. The van der Waals surface area contributed by atoms with Crippen molar-refractivity contribution in [3.05, 3.63) is 0 Å². The van der Waals surface area contributed by atoms with Gasteiger partial charge in [-0.2, -0.15) is 0 Å². The highest BCUT2D eigenvalue weighted by Crippen LogP contribution is 2.38. The van der Waals surface area contributed by atoms with Crippen LogP contribution in [-0.4, -0.2) is 29.2 Å². The SMILES string of the molecule is C#CC(C)(C)NC(=O)NCC1(C(=O)O)CCC(C)CC1. The molecule has 112 valence electrons. The average Bonchev–Trinajstić information content (AvgIpc) is 2.38. The Bertz CT molecular complexity index is 415. The predicted molar refractivity (Wildman–Crippen MR) is 77.1 cm³/mol. The Morgan fingerprint density at radius 3 is 2.40 bits per heavy atom. The molecule has 5 nitrogen and oxygen atoms in total. The number of urea groups is 1. The van der Waals surface area contributed by atoms with Crippen molar-refractivity contribution in [2.24, 2.45) is 11.3 Å². The molecule has 0 aromatic rings. The van der Waals surface area contributed by atoms with E-state index in [1.165, 1.54) is 0 Å². The molecule has 1 aliphatic carbocycles. The van der Waals surface area contributed by atoms with Crippen LogP contribution < -0.4 is 10.6 Å². The summed E-state index contributed by atoms with van der Waals surface area (Å²) in [5, 5.41) is 14.7. The van der Waals surface area contributed by atoms with Crippen molar-refractivity contribution in [2.75, 3.05) is 6.54 Å². The highest BCUT2D eigenvalue weighted by atomic mass is 16.4. The van der Waals surface area contributed by atoms with Crippen molar-refractivity contribution in [1.82, 2.24) is 10.6 Å². The number of carboxylic acids is 1. The van der Waals surface area contributed by atoms with E-state index >= 15 is 0 Å². The summed E-state index contributed by atoms with van der Waals surface area (Å²) in [4.78, 5) is 23.3. The molecule has 1 fully saturated rings. The highest BCUT2D eigenvalue weighted by Gasteiger charge is 2.41. The number of amides is 2. The summed E-state index contributed by atoms with van der Waals surface area (Å²) < 4.78 is 0. The lowest BCUT2D eigenvalue weighted by atomic mass is 9.71. The molecule has 0 spiro atoms. The van der Waals surface area contributed by atoms with Crippen LogP contribution in [0.5, 0.6) is 0 Å². The first kappa shape index (κ1) is 16.4. The van der Waals surface area contributed by atoms with Crippen LogP contribution in [0.2, 0.25) is 0 Å². The molecule has 1 aliphatic rings. The van der Waals surface area contributed by atoms with E-state index in [1.54, 1.807) is 13.8 Å². The van der Waals surface area contributed by atoms with Gasteiger partial charge in [0, 0.05) is 6.54 Å². The van der Waals surface area contributed by atoms with Gasteiger partial charge in [0.2, 0.25) is 0 Å². The first-order valence-electron chi connectivity index (χ1n) is 6.98. The Morgan fingerprint density at radius 2 is 1.95 bits per heavy atom. The van der Waals surface area contributed by atoms with E-state index in [0.29, 0.717) is 18.8 Å². The number of carbonyl (C=O) groups excluding carboxylic acids is 1. The third-order valence-electron chi connectivity index (χ3n) is 4.06. The number of carbonyl (C=O) groups is 2. The van der Waals surface area contributed by atoms with Gasteiger partial charge in [-0.1, -0.05) is 12.8 Å². The van der Waals surface area contributed by atoms with Crippen LogP contribution in [0, 0.1) is 23.7 Å². The minimum atomic E-state index is -0.843. The molecule has 1 saturated carbocycles. The normalized spacial score (nSPS) is 26.4. The van der Waals surface area contributed by atoms with E-state index in [2.05, 4.69) is 23.5 Å². The average molecular weight is 280 g/mol. The Labute approximate surface area is 120 Å². The molecule has 20 heavy (non-hydrogen) atoms. The fourth-order valence-electron chi connectivity index (χ4n) is 2.39. The molecular weight excluding hydrogens is 256 g/mol. The fourth-order valence-corrected chi connectivity index (χ4v) is 2.39. The summed E-state index contributed by atoms with van der Waals surface area (Å²) in [6.45, 7) is 5.69. The monoisotopic (exact) mass is 280 g/mol. The summed E-state index contributed by atoms with van der Waals surface area (Å²) in [5.74, 6) is 2.18. The van der Waals surface area contributed by atoms with E-state index < -0.39 is 23.0 Å². The zero-order valence-electron chi connectivity index (χ0n) is 12.5. The maximum Gasteiger partial charge on any atom is 0.315 e. The van der Waals surface area contributed by atoms with E-state index in [0.717, 1.165) is 12.8 Å². The van der Waals surface area contributed by atoms with Gasteiger partial charge in [-0.15, -0.1) is 6.42 Å². The van der Waals surface area contributed by atoms with Crippen molar-refractivity contribution in [3.63, 3.8) is 0 Å². The van der Waals surface area contributed by atoms with E-state index in [-0.39, 0.29) is 6.54 Å². The van der Waals surface area contributed by atoms with E-state index in [1.807, 2.05) is 0 Å². The van der Waals surface area contributed by atoms with E-state index in [9.17, 15) is 14.7 Å². The Morgan fingerprint density at radius 1 is 1.40 bits per heavy atom. The van der Waals surface area contributed by atoms with Gasteiger partial charge >= 0.3 is 12.0 Å². The van der Waals surface area contributed by atoms with Gasteiger partial charge in [0.15, 0.2) is 0 Å². The summed E-state index contributed by atoms with van der Waals surface area (Å²) >= 11 is 0. The van der Waals surface area contributed by atoms with Gasteiger partial charge in [0.05, 0.1) is 11.0 Å². The van der Waals surface area contributed by atoms with Crippen molar-refractivity contribution < 1.29 is 14.7 Å². The summed E-state index contributed by atoms with van der Waals surface area (Å²) in [6, 6.07) is -0.424. The molecule has 3 N–H and O–H groups in total. The first-order valence-corrected chi connectivity index (χ1v) is 6.98. The zero-order chi connectivity index (χ0) is 15.4. The highest BCUT2D eigenvalue weighted by molar-refractivity contribution is 5.78. The van der Waals surface area contributed by atoms with Crippen molar-refractivity contribution in [2.45, 2.75) is 52.0 Å². The van der Waals surface area contributed by atoms with Crippen molar-refractivity contribution >= 4 is 12.0 Å². The van der Waals surface area contributed by atoms with Gasteiger partial charge in [-0.05, 0) is 45.4 Å². The Kier molecular flexibility index (Phi) is 5.04. The smallest absolute Gasteiger partial charge is 0.315 e. The topological polar surface area (TPSA) is 78.4 Å². The molecule has 2 amide bonds. The minimum absolute atomic E-state index is 0.140. The molecule has 1 rings (SSSR count). The van der Waals surface area contributed by atoms with Gasteiger partial charge in [-0.3, -0.25) is 4.79 Å². The molecule has 0 bridgehead atoms. The fraction of sp³-hybridized carbons (Fsp3) is 0.733. The second-order valence-corrected chi connectivity index (χ2v) is 6.35. The van der Waals surface area contributed by atoms with Crippen LogP contribution in [-0.2, 0) is 4.79 Å². The maximum absolute atomic E-state index is 11.8. The summed E-state index contributed by atoms with van der Waals surface area (Å²) in [7, 11) is 0. The standard InChI is InChI=1S/C15H24N2O3/c1-5-14(3,4)17-13(20)16-10-15(12(18)19)8-6-11(2)7-9-15/h1,11H,6-10H2,2-4H3,(H,18,19)(H2,16,17,20). The largest absolute Gasteiger partial charge is 0.481 e. The number of terminal acetylenes is 1. The second kappa shape index (κ2) is 6.17. The third-order valence-corrected chi connectivity index (χ3v) is 4.06. The van der Waals surface area contributed by atoms with Gasteiger partial charge in [0.1, 0.15) is 0 Å². The van der Waals surface area contributed by atoms with Gasteiger partial charge < -0.3 is 15.7 Å². The second-order valence-electron chi connectivity index (χ2n) is 6.35.